The van der Waals surface area contributed by atoms with Gasteiger partial charge in [0.15, 0.2) is 11.2 Å². The van der Waals surface area contributed by atoms with Gasteiger partial charge in [-0.2, -0.15) is 0 Å². The molecule has 0 fully saturated rings. The van der Waals surface area contributed by atoms with Gasteiger partial charge in [-0.05, 0) is 127 Å². The second kappa shape index (κ2) is 21.3. The molecule has 2 heterocycles. The highest BCUT2D eigenvalue weighted by molar-refractivity contribution is 7.91. The first kappa shape index (κ1) is 43.6. The largest absolute Gasteiger partial charge is 0.338 e. The number of ketones is 1. The Morgan fingerprint density at radius 3 is 1.48 bits per heavy atom. The monoisotopic (exact) mass is 824 g/mol. The van der Waals surface area contributed by atoms with Crippen molar-refractivity contribution in [2.45, 2.75) is 23.2 Å². The zero-order valence-electron chi connectivity index (χ0n) is 32.1. The average Bonchev–Trinajstić information content (AvgIpc) is 3.29. The molecule has 2 amide bonds. The van der Waals surface area contributed by atoms with Gasteiger partial charge in [0.05, 0.1) is 4.90 Å². The number of carbonyl (C=O) groups is 4. The predicted octanol–water partition coefficient (Wildman–Crippen LogP) is 8.51. The van der Waals surface area contributed by atoms with Gasteiger partial charge in [0.25, 0.3) is 11.8 Å². The van der Waals surface area contributed by atoms with Crippen molar-refractivity contribution in [3.05, 3.63) is 233 Å². The number of amides is 2. The summed E-state index contributed by atoms with van der Waals surface area (Å²) in [4.78, 5) is 55.9. The fourth-order valence-electron chi connectivity index (χ4n) is 5.52. The number of aldehydes is 1. The van der Waals surface area contributed by atoms with Crippen molar-refractivity contribution in [3.63, 3.8) is 0 Å². The van der Waals surface area contributed by atoms with Crippen molar-refractivity contribution < 1.29 is 36.4 Å². The topological polar surface area (TPSA) is 152 Å². The summed E-state index contributed by atoms with van der Waals surface area (Å²) in [5.41, 5.74) is 3.67. The van der Waals surface area contributed by atoms with Crippen LogP contribution >= 0.6 is 0 Å². The first-order chi connectivity index (χ1) is 29.0. The highest BCUT2D eigenvalue weighted by Gasteiger charge is 2.31. The molecule has 2 unspecified atom stereocenters. The van der Waals surface area contributed by atoms with Gasteiger partial charge in [0.1, 0.15) is 24.0 Å². The molecule has 60 heavy (non-hydrogen) atoms. The number of sulfone groups is 1. The quantitative estimate of drug-likeness (QED) is 0.0974. The second-order valence-corrected chi connectivity index (χ2v) is 15.0. The van der Waals surface area contributed by atoms with Crippen LogP contribution in [0.15, 0.2) is 187 Å². The third kappa shape index (κ3) is 12.2. The third-order valence-electron chi connectivity index (χ3n) is 8.71. The van der Waals surface area contributed by atoms with Crippen LogP contribution in [0.5, 0.6) is 0 Å². The van der Waals surface area contributed by atoms with Gasteiger partial charge in [-0.25, -0.2) is 17.2 Å². The number of benzene rings is 5. The summed E-state index contributed by atoms with van der Waals surface area (Å²) >= 11 is 0. The summed E-state index contributed by atoms with van der Waals surface area (Å²) in [6, 6.07) is 39.9. The number of hydrogen-bond donors (Lipinski definition) is 2. The molecule has 2 atom stereocenters. The molecule has 7 aromatic rings. The molecule has 0 radical (unpaired) electrons. The molecule has 302 valence electrons. The zero-order chi connectivity index (χ0) is 42.9. The predicted molar refractivity (Wildman–Crippen MR) is 223 cm³/mol. The first-order valence-corrected chi connectivity index (χ1v) is 19.8. The van der Waals surface area contributed by atoms with Crippen molar-refractivity contribution in [3.8, 4) is 0 Å². The van der Waals surface area contributed by atoms with E-state index in [2.05, 4.69) is 20.6 Å². The van der Waals surface area contributed by atoms with E-state index in [1.165, 1.54) is 60.9 Å². The number of nitrogens with zero attached hydrogens (tertiary/aromatic N) is 2. The van der Waals surface area contributed by atoms with E-state index in [1.807, 2.05) is 6.92 Å². The summed E-state index contributed by atoms with van der Waals surface area (Å²) in [7, 11) is -3.83. The molecule has 0 saturated carbocycles. The molecule has 0 saturated heterocycles. The van der Waals surface area contributed by atoms with Gasteiger partial charge in [-0.15, -0.1) is 0 Å². The van der Waals surface area contributed by atoms with Gasteiger partial charge in [-0.3, -0.25) is 29.1 Å². The Kier molecular flexibility index (Phi) is 15.5. The second-order valence-electron chi connectivity index (χ2n) is 13.0. The number of hydrogen-bond acceptors (Lipinski definition) is 8. The van der Waals surface area contributed by atoms with Crippen molar-refractivity contribution >= 4 is 33.7 Å². The Morgan fingerprint density at radius 1 is 0.550 bits per heavy atom. The first-order valence-electron chi connectivity index (χ1n) is 18.3. The minimum absolute atomic E-state index is 0.151. The number of aryl methyl sites for hydroxylation is 1. The molecule has 5 aromatic carbocycles. The molecular formula is C47H38F2N4O6S. The summed E-state index contributed by atoms with van der Waals surface area (Å²) in [6.07, 6.45) is 6.78. The number of Topliss-reactive ketones (excluding diaryl/α,β-unsaturated/α-hetero) is 1. The van der Waals surface area contributed by atoms with E-state index in [1.54, 1.807) is 122 Å². The molecule has 0 aliphatic rings. The lowest BCUT2D eigenvalue weighted by Crippen LogP contribution is -2.34. The Labute approximate surface area is 345 Å². The molecule has 13 heteroatoms. The summed E-state index contributed by atoms with van der Waals surface area (Å²) in [5, 5.41) is 4.19. The Morgan fingerprint density at radius 2 is 1.00 bits per heavy atom. The van der Waals surface area contributed by atoms with Crippen LogP contribution in [-0.4, -0.2) is 42.3 Å². The lowest BCUT2D eigenvalue weighted by atomic mass is 9.97. The molecular weight excluding hydrogens is 787 g/mol. The molecule has 2 N–H and O–H groups in total. The van der Waals surface area contributed by atoms with E-state index in [0.717, 1.165) is 5.56 Å². The van der Waals surface area contributed by atoms with Crippen LogP contribution in [0.25, 0.3) is 0 Å². The average molecular weight is 825 g/mol. The Balaban J connectivity index is 0.000000189. The standard InChI is InChI=1S/C20H15FN2O2.C20H18N2O3S.C7H5FO/c21-17-8-6-15(7-9-17)19(24)18(14-10-12-22-13-11-14)23-20(25)16-4-2-1-3-5-16;1-15-7-9-18(10-8-15)26(24,25)20(17-11-13-21-14-12-17)22-19(23)16-5-3-2-4-6-16;8-7-3-1-6(5-9)2-4-7/h1-13,18H,(H,23,25);2-14,20H,1H3,(H,22,23);1-5H. The van der Waals surface area contributed by atoms with Crippen molar-refractivity contribution in [1.82, 2.24) is 20.6 Å². The third-order valence-corrected chi connectivity index (χ3v) is 10.7. The van der Waals surface area contributed by atoms with E-state index in [9.17, 15) is 36.4 Å². The maximum Gasteiger partial charge on any atom is 0.252 e. The lowest BCUT2D eigenvalue weighted by molar-refractivity contribution is 0.0857. The van der Waals surface area contributed by atoms with Crippen LogP contribution in [-0.2, 0) is 9.84 Å². The summed E-state index contributed by atoms with van der Waals surface area (Å²) in [6.45, 7) is 1.88. The highest BCUT2D eigenvalue weighted by atomic mass is 32.2. The SMILES string of the molecule is Cc1ccc(S(=O)(=O)C(NC(=O)c2ccccc2)c2ccncc2)cc1.O=C(NC(C(=O)c1ccc(F)cc1)c1ccncc1)c1ccccc1.O=Cc1ccc(F)cc1. The molecule has 10 nitrogen and oxygen atoms in total. The van der Waals surface area contributed by atoms with Crippen molar-refractivity contribution in [2.75, 3.05) is 0 Å². The van der Waals surface area contributed by atoms with E-state index < -0.39 is 33.0 Å². The van der Waals surface area contributed by atoms with Crippen LogP contribution in [0.4, 0.5) is 8.78 Å². The van der Waals surface area contributed by atoms with Crippen molar-refractivity contribution in [1.29, 1.82) is 0 Å². The molecule has 0 aliphatic carbocycles. The van der Waals surface area contributed by atoms with Crippen LogP contribution in [0.1, 0.15) is 69.5 Å². The molecule has 0 bridgehead atoms. The van der Waals surface area contributed by atoms with Gasteiger partial charge >= 0.3 is 0 Å². The van der Waals surface area contributed by atoms with Gasteiger partial charge < -0.3 is 10.6 Å². The zero-order valence-corrected chi connectivity index (χ0v) is 32.9. The maximum absolute atomic E-state index is 13.2. The fourth-order valence-corrected chi connectivity index (χ4v) is 7.08. The summed E-state index contributed by atoms with van der Waals surface area (Å²) in [5.74, 6) is -1.89. The minimum atomic E-state index is -3.83. The van der Waals surface area contributed by atoms with Crippen LogP contribution < -0.4 is 10.6 Å². The van der Waals surface area contributed by atoms with E-state index in [0.29, 0.717) is 39.7 Å². The minimum Gasteiger partial charge on any atom is -0.338 e. The van der Waals surface area contributed by atoms with Crippen LogP contribution in [0.3, 0.4) is 0 Å². The number of carbonyl (C=O) groups excluding carboxylic acids is 4. The van der Waals surface area contributed by atoms with E-state index >= 15 is 0 Å². The number of rotatable bonds is 11. The normalized spacial score (nSPS) is 11.5. The molecule has 7 rings (SSSR count). The summed E-state index contributed by atoms with van der Waals surface area (Å²) < 4.78 is 51.6. The number of aromatic nitrogens is 2. The van der Waals surface area contributed by atoms with E-state index in [4.69, 9.17) is 0 Å². The Hall–Kier alpha value is -7.51. The number of nitrogens with one attached hydrogen (secondary N) is 2. The fraction of sp³-hybridized carbons (Fsp3) is 0.0638. The van der Waals surface area contributed by atoms with Crippen molar-refractivity contribution in [2.24, 2.45) is 0 Å². The number of pyridine rings is 2. The highest BCUT2D eigenvalue weighted by Crippen LogP contribution is 2.27. The van der Waals surface area contributed by atoms with Gasteiger partial charge in [-0.1, -0.05) is 54.1 Å². The molecule has 2 aromatic heterocycles. The van der Waals surface area contributed by atoms with Crippen LogP contribution in [0.2, 0.25) is 0 Å². The van der Waals surface area contributed by atoms with Crippen LogP contribution in [0, 0.1) is 18.6 Å². The van der Waals surface area contributed by atoms with Gasteiger partial charge in [0.2, 0.25) is 9.84 Å². The van der Waals surface area contributed by atoms with E-state index in [-0.39, 0.29) is 22.4 Å². The lowest BCUT2D eigenvalue weighted by Gasteiger charge is -2.20. The number of halogens is 2. The molecule has 0 spiro atoms. The maximum atomic E-state index is 13.2. The van der Waals surface area contributed by atoms with Gasteiger partial charge in [0, 0.05) is 47.0 Å². The Bertz CT molecular complexity index is 2590. The molecule has 0 aliphatic heterocycles. The smallest absolute Gasteiger partial charge is 0.252 e.